The number of aryl methyl sites for hydroxylation is 1. The zero-order chi connectivity index (χ0) is 22.7. The Kier molecular flexibility index (Phi) is 5.94. The molecule has 0 bridgehead atoms. The summed E-state index contributed by atoms with van der Waals surface area (Å²) in [5, 5.41) is 0. The van der Waals surface area contributed by atoms with E-state index in [1.165, 1.54) is 0 Å². The highest BCUT2D eigenvalue weighted by Crippen LogP contribution is 2.37. The van der Waals surface area contributed by atoms with Crippen molar-refractivity contribution in [1.29, 1.82) is 0 Å². The lowest BCUT2D eigenvalue weighted by Crippen LogP contribution is -2.11. The Morgan fingerprint density at radius 2 is 1.69 bits per heavy atom. The van der Waals surface area contributed by atoms with E-state index in [9.17, 15) is 9.59 Å². The van der Waals surface area contributed by atoms with E-state index in [1.807, 2.05) is 31.2 Å². The van der Waals surface area contributed by atoms with Gasteiger partial charge in [0.1, 0.15) is 23.0 Å². The van der Waals surface area contributed by atoms with Gasteiger partial charge >= 0.3 is 0 Å². The van der Waals surface area contributed by atoms with Gasteiger partial charge in [-0.1, -0.05) is 12.1 Å². The van der Waals surface area contributed by atoms with Gasteiger partial charge in [0.05, 0.1) is 19.8 Å². The standard InChI is InChI=1S/C26H22O6/c1-16-11-21(31-15-22(27)18-7-9-19(29-2)10-8-18)14-23-25(16)26(28)24(32-23)13-17-5-4-6-20(12-17)30-3/h4-14H,15H2,1-3H3/b24-13-. The Morgan fingerprint density at radius 1 is 0.938 bits per heavy atom. The molecule has 6 nitrogen and oxygen atoms in total. The first kappa shape index (κ1) is 21.2. The van der Waals surface area contributed by atoms with Crippen LogP contribution in [0.25, 0.3) is 6.08 Å². The Morgan fingerprint density at radius 3 is 2.41 bits per heavy atom. The molecule has 0 unspecified atom stereocenters. The van der Waals surface area contributed by atoms with Crippen LogP contribution in [-0.4, -0.2) is 32.4 Å². The summed E-state index contributed by atoms with van der Waals surface area (Å²) in [4.78, 5) is 25.3. The van der Waals surface area contributed by atoms with Crippen molar-refractivity contribution in [1.82, 2.24) is 0 Å². The lowest BCUT2D eigenvalue weighted by Gasteiger charge is -2.09. The van der Waals surface area contributed by atoms with Crippen LogP contribution in [0.3, 0.4) is 0 Å². The monoisotopic (exact) mass is 430 g/mol. The van der Waals surface area contributed by atoms with Gasteiger partial charge < -0.3 is 18.9 Å². The maximum absolute atomic E-state index is 12.9. The first-order valence-electron chi connectivity index (χ1n) is 10.0. The van der Waals surface area contributed by atoms with Crippen molar-refractivity contribution in [3.8, 4) is 23.0 Å². The lowest BCUT2D eigenvalue weighted by molar-refractivity contribution is 0.0920. The molecule has 162 valence electrons. The van der Waals surface area contributed by atoms with E-state index in [-0.39, 0.29) is 23.9 Å². The maximum atomic E-state index is 12.9. The molecular formula is C26H22O6. The van der Waals surface area contributed by atoms with Gasteiger partial charge in [-0.3, -0.25) is 9.59 Å². The van der Waals surface area contributed by atoms with Gasteiger partial charge in [0.25, 0.3) is 0 Å². The molecule has 0 amide bonds. The van der Waals surface area contributed by atoms with Crippen LogP contribution in [0.5, 0.6) is 23.0 Å². The number of ketones is 2. The van der Waals surface area contributed by atoms with Gasteiger partial charge in [0.15, 0.2) is 18.1 Å². The number of rotatable bonds is 7. The molecule has 4 rings (SSSR count). The number of carbonyl (C=O) groups excluding carboxylic acids is 2. The fraction of sp³-hybridized carbons (Fsp3) is 0.154. The third-order valence-electron chi connectivity index (χ3n) is 5.12. The molecule has 3 aromatic carbocycles. The number of hydrogen-bond donors (Lipinski definition) is 0. The van der Waals surface area contributed by atoms with Crippen molar-refractivity contribution >= 4 is 17.6 Å². The number of carbonyl (C=O) groups is 2. The van der Waals surface area contributed by atoms with Gasteiger partial charge in [-0.2, -0.15) is 0 Å². The van der Waals surface area contributed by atoms with E-state index < -0.39 is 0 Å². The summed E-state index contributed by atoms with van der Waals surface area (Å²) in [7, 11) is 3.16. The Balaban J connectivity index is 1.50. The molecule has 32 heavy (non-hydrogen) atoms. The predicted molar refractivity (Wildman–Crippen MR) is 120 cm³/mol. The fourth-order valence-electron chi connectivity index (χ4n) is 3.45. The van der Waals surface area contributed by atoms with Gasteiger partial charge in [0.2, 0.25) is 5.78 Å². The van der Waals surface area contributed by atoms with Crippen molar-refractivity contribution < 1.29 is 28.5 Å². The first-order chi connectivity index (χ1) is 15.5. The highest BCUT2D eigenvalue weighted by Gasteiger charge is 2.30. The zero-order valence-electron chi connectivity index (χ0n) is 18.0. The van der Waals surface area contributed by atoms with Crippen LogP contribution in [0.4, 0.5) is 0 Å². The van der Waals surface area contributed by atoms with Crippen molar-refractivity contribution in [2.45, 2.75) is 6.92 Å². The Labute approximate surface area is 186 Å². The highest BCUT2D eigenvalue weighted by atomic mass is 16.5. The van der Waals surface area contributed by atoms with Crippen LogP contribution >= 0.6 is 0 Å². The normalized spacial score (nSPS) is 13.5. The number of methoxy groups -OCH3 is 2. The summed E-state index contributed by atoms with van der Waals surface area (Å²) >= 11 is 0. The molecule has 0 saturated carbocycles. The van der Waals surface area contributed by atoms with E-state index in [1.54, 1.807) is 56.7 Å². The SMILES string of the molecule is COc1ccc(C(=O)COc2cc(C)c3c(c2)O/C(=C\c2cccc(OC)c2)C3=O)cc1. The van der Waals surface area contributed by atoms with E-state index in [0.29, 0.717) is 39.7 Å². The van der Waals surface area contributed by atoms with Crippen molar-refractivity contribution in [2.24, 2.45) is 0 Å². The minimum atomic E-state index is -0.193. The summed E-state index contributed by atoms with van der Waals surface area (Å²) < 4.78 is 21.9. The number of allylic oxidation sites excluding steroid dienone is 1. The van der Waals surface area contributed by atoms with Gasteiger partial charge in [-0.25, -0.2) is 0 Å². The molecule has 0 radical (unpaired) electrons. The van der Waals surface area contributed by atoms with Gasteiger partial charge in [-0.05, 0) is 66.6 Å². The molecule has 0 atom stereocenters. The van der Waals surface area contributed by atoms with Crippen LogP contribution in [0.15, 0.2) is 66.4 Å². The van der Waals surface area contributed by atoms with Gasteiger partial charge in [-0.15, -0.1) is 0 Å². The molecule has 0 aliphatic carbocycles. The van der Waals surface area contributed by atoms with E-state index in [0.717, 1.165) is 5.56 Å². The number of hydrogen-bond acceptors (Lipinski definition) is 6. The molecule has 0 aromatic heterocycles. The molecule has 0 N–H and O–H groups in total. The quantitative estimate of drug-likeness (QED) is 0.393. The van der Waals surface area contributed by atoms with Crippen molar-refractivity contribution in [2.75, 3.05) is 20.8 Å². The van der Waals surface area contributed by atoms with Crippen LogP contribution in [0, 0.1) is 6.92 Å². The van der Waals surface area contributed by atoms with Crippen LogP contribution in [-0.2, 0) is 0 Å². The number of benzene rings is 3. The summed E-state index contributed by atoms with van der Waals surface area (Å²) in [6, 6.07) is 17.5. The number of ether oxygens (including phenoxy) is 4. The molecule has 0 fully saturated rings. The molecule has 0 spiro atoms. The Bertz CT molecular complexity index is 1210. The molecule has 1 aliphatic heterocycles. The van der Waals surface area contributed by atoms with E-state index >= 15 is 0 Å². The minimum absolute atomic E-state index is 0.134. The summed E-state index contributed by atoms with van der Waals surface area (Å²) in [6.45, 7) is 1.68. The molecule has 1 aliphatic rings. The third-order valence-corrected chi connectivity index (χ3v) is 5.12. The van der Waals surface area contributed by atoms with Crippen molar-refractivity contribution in [3.63, 3.8) is 0 Å². The lowest BCUT2D eigenvalue weighted by atomic mass is 10.0. The second kappa shape index (κ2) is 8.98. The topological polar surface area (TPSA) is 71.1 Å². The Hall–Kier alpha value is -4.06. The summed E-state index contributed by atoms with van der Waals surface area (Å²) in [5.74, 6) is 2.10. The van der Waals surface area contributed by atoms with E-state index in [4.69, 9.17) is 18.9 Å². The smallest absolute Gasteiger partial charge is 0.232 e. The maximum Gasteiger partial charge on any atom is 0.232 e. The van der Waals surface area contributed by atoms with Gasteiger partial charge in [0, 0.05) is 11.6 Å². The summed E-state index contributed by atoms with van der Waals surface area (Å²) in [6.07, 6.45) is 1.68. The number of Topliss-reactive ketones (excluding diaryl/α,β-unsaturated/α-hetero) is 2. The average Bonchev–Trinajstić information content (AvgIpc) is 3.13. The third kappa shape index (κ3) is 4.34. The molecule has 6 heteroatoms. The average molecular weight is 430 g/mol. The molecule has 3 aromatic rings. The molecular weight excluding hydrogens is 408 g/mol. The van der Waals surface area contributed by atoms with Crippen LogP contribution < -0.4 is 18.9 Å². The highest BCUT2D eigenvalue weighted by molar-refractivity contribution is 6.15. The van der Waals surface area contributed by atoms with E-state index in [2.05, 4.69) is 0 Å². The second-order valence-electron chi connectivity index (χ2n) is 7.27. The number of fused-ring (bicyclic) bond motifs is 1. The zero-order valence-corrected chi connectivity index (χ0v) is 18.0. The minimum Gasteiger partial charge on any atom is -0.497 e. The molecule has 1 heterocycles. The largest absolute Gasteiger partial charge is 0.497 e. The second-order valence-corrected chi connectivity index (χ2v) is 7.27. The molecule has 0 saturated heterocycles. The van der Waals surface area contributed by atoms with Crippen molar-refractivity contribution in [3.05, 3.63) is 88.7 Å². The predicted octanol–water partition coefficient (Wildman–Crippen LogP) is 4.89. The fourth-order valence-corrected chi connectivity index (χ4v) is 3.45. The van der Waals surface area contributed by atoms with Crippen LogP contribution in [0.1, 0.15) is 31.8 Å². The summed E-state index contributed by atoms with van der Waals surface area (Å²) in [5.41, 5.74) is 2.53. The first-order valence-corrected chi connectivity index (χ1v) is 10.0. The van der Waals surface area contributed by atoms with Crippen LogP contribution in [0.2, 0.25) is 0 Å².